The van der Waals surface area contributed by atoms with Gasteiger partial charge in [-0.3, -0.25) is 9.59 Å². The van der Waals surface area contributed by atoms with Gasteiger partial charge in [0.05, 0.1) is 17.9 Å². The summed E-state index contributed by atoms with van der Waals surface area (Å²) in [5, 5.41) is 2.66. The number of carbonyl (C=O) groups excluding carboxylic acids is 2. The molecule has 1 heterocycles. The minimum absolute atomic E-state index is 0.203. The van der Waals surface area contributed by atoms with Crippen molar-refractivity contribution in [2.75, 3.05) is 6.54 Å². The van der Waals surface area contributed by atoms with Crippen molar-refractivity contribution in [2.24, 2.45) is 0 Å². The van der Waals surface area contributed by atoms with Crippen molar-refractivity contribution in [1.82, 2.24) is 10.2 Å². The van der Waals surface area contributed by atoms with Crippen LogP contribution in [-0.4, -0.2) is 29.3 Å². The number of benzene rings is 1. The number of nitrogens with one attached hydrogen (secondary N) is 1. The third-order valence-corrected chi connectivity index (χ3v) is 3.95. The van der Waals surface area contributed by atoms with E-state index in [0.29, 0.717) is 12.1 Å². The molecule has 0 radical (unpaired) electrons. The first-order valence-corrected chi connectivity index (χ1v) is 7.83. The zero-order valence-corrected chi connectivity index (χ0v) is 14.0. The van der Waals surface area contributed by atoms with Gasteiger partial charge in [-0.15, -0.1) is 0 Å². The first-order valence-electron chi connectivity index (χ1n) is 7.83. The van der Waals surface area contributed by atoms with Crippen molar-refractivity contribution in [1.29, 1.82) is 0 Å². The maximum atomic E-state index is 13.1. The van der Waals surface area contributed by atoms with Crippen LogP contribution >= 0.6 is 0 Å². The largest absolute Gasteiger partial charge is 0.472 e. The lowest BCUT2D eigenvalue weighted by molar-refractivity contribution is -0.134. The number of amides is 2. The van der Waals surface area contributed by atoms with Gasteiger partial charge in [-0.25, -0.2) is 4.39 Å². The molecule has 1 N–H and O–H groups in total. The predicted octanol–water partition coefficient (Wildman–Crippen LogP) is 3.15. The molecule has 0 bridgehead atoms. The van der Waals surface area contributed by atoms with Gasteiger partial charge in [-0.05, 0) is 44.5 Å². The number of rotatable bonds is 6. The van der Waals surface area contributed by atoms with E-state index in [1.807, 2.05) is 13.8 Å². The van der Waals surface area contributed by atoms with E-state index in [-0.39, 0.29) is 23.7 Å². The van der Waals surface area contributed by atoms with Crippen LogP contribution in [0, 0.1) is 5.82 Å². The molecule has 0 spiro atoms. The maximum Gasteiger partial charge on any atom is 0.255 e. The number of nitrogens with zero attached hydrogens (tertiary/aromatic N) is 1. The first-order chi connectivity index (χ1) is 11.4. The van der Waals surface area contributed by atoms with E-state index in [9.17, 15) is 14.0 Å². The molecule has 0 aliphatic carbocycles. The molecule has 1 aromatic carbocycles. The number of furan rings is 1. The van der Waals surface area contributed by atoms with Gasteiger partial charge in [0.15, 0.2) is 0 Å². The monoisotopic (exact) mass is 332 g/mol. The van der Waals surface area contributed by atoms with Crippen LogP contribution in [0.1, 0.15) is 42.7 Å². The fraction of sp³-hybridized carbons (Fsp3) is 0.333. The van der Waals surface area contributed by atoms with Crippen LogP contribution < -0.4 is 5.32 Å². The second-order valence-corrected chi connectivity index (χ2v) is 5.56. The molecular formula is C18H21FN2O3. The van der Waals surface area contributed by atoms with Crippen molar-refractivity contribution in [2.45, 2.75) is 32.9 Å². The van der Waals surface area contributed by atoms with Gasteiger partial charge < -0.3 is 14.6 Å². The molecular weight excluding hydrogens is 311 g/mol. The Morgan fingerprint density at radius 3 is 2.42 bits per heavy atom. The van der Waals surface area contributed by atoms with E-state index >= 15 is 0 Å². The Morgan fingerprint density at radius 2 is 1.88 bits per heavy atom. The topological polar surface area (TPSA) is 62.6 Å². The fourth-order valence-corrected chi connectivity index (χ4v) is 2.53. The van der Waals surface area contributed by atoms with Gasteiger partial charge in [0.1, 0.15) is 18.1 Å². The molecule has 128 valence electrons. The minimum atomic E-state index is -0.685. The Kier molecular flexibility index (Phi) is 5.73. The highest BCUT2D eigenvalue weighted by Gasteiger charge is 2.26. The van der Waals surface area contributed by atoms with E-state index in [2.05, 4.69) is 5.32 Å². The van der Waals surface area contributed by atoms with E-state index in [4.69, 9.17) is 4.42 Å². The van der Waals surface area contributed by atoms with E-state index < -0.39 is 6.04 Å². The van der Waals surface area contributed by atoms with E-state index in [0.717, 1.165) is 5.56 Å². The number of hydrogen-bond acceptors (Lipinski definition) is 3. The van der Waals surface area contributed by atoms with Crippen molar-refractivity contribution in [3.05, 3.63) is 59.8 Å². The van der Waals surface area contributed by atoms with Crippen LogP contribution in [0.2, 0.25) is 0 Å². The standard InChI is InChI=1S/C18H21FN2O3/c1-4-21(13(3)14-5-7-16(19)8-6-14)18(23)12(2)20-17(22)15-9-10-24-11-15/h5-13H,4H2,1-3H3,(H,20,22)/t12-,13-/m1/s1. The number of hydrogen-bond donors (Lipinski definition) is 1. The van der Waals surface area contributed by atoms with Gasteiger partial charge in [0, 0.05) is 6.54 Å². The van der Waals surface area contributed by atoms with Crippen molar-refractivity contribution >= 4 is 11.8 Å². The molecule has 2 aromatic rings. The quantitative estimate of drug-likeness (QED) is 0.884. The lowest BCUT2D eigenvalue weighted by Gasteiger charge is -2.31. The van der Waals surface area contributed by atoms with Gasteiger partial charge in [-0.1, -0.05) is 12.1 Å². The summed E-state index contributed by atoms with van der Waals surface area (Å²) < 4.78 is 17.9. The Morgan fingerprint density at radius 1 is 1.21 bits per heavy atom. The molecule has 6 heteroatoms. The summed E-state index contributed by atoms with van der Waals surface area (Å²) in [5.74, 6) is -0.887. The van der Waals surface area contributed by atoms with Crippen molar-refractivity contribution < 1.29 is 18.4 Å². The molecule has 0 fully saturated rings. The highest BCUT2D eigenvalue weighted by Crippen LogP contribution is 2.21. The molecule has 24 heavy (non-hydrogen) atoms. The molecule has 0 aliphatic heterocycles. The Bertz CT molecular complexity index is 683. The molecule has 1 aromatic heterocycles. The number of likely N-dealkylation sites (N-methyl/N-ethyl adjacent to an activating group) is 1. The van der Waals surface area contributed by atoms with Crippen LogP contribution in [0.15, 0.2) is 47.3 Å². The Balaban J connectivity index is 2.06. The number of carbonyl (C=O) groups is 2. The zero-order chi connectivity index (χ0) is 17.7. The summed E-state index contributed by atoms with van der Waals surface area (Å²) >= 11 is 0. The van der Waals surface area contributed by atoms with Crippen LogP contribution in [0.3, 0.4) is 0 Å². The molecule has 0 saturated carbocycles. The van der Waals surface area contributed by atoms with Gasteiger partial charge in [0.2, 0.25) is 5.91 Å². The minimum Gasteiger partial charge on any atom is -0.472 e. The Hall–Kier alpha value is -2.63. The first kappa shape index (κ1) is 17.7. The zero-order valence-electron chi connectivity index (χ0n) is 14.0. The third-order valence-electron chi connectivity index (χ3n) is 3.95. The van der Waals surface area contributed by atoms with Crippen LogP contribution in [0.25, 0.3) is 0 Å². The molecule has 2 amide bonds. The summed E-state index contributed by atoms with van der Waals surface area (Å²) in [5.41, 5.74) is 1.20. The van der Waals surface area contributed by atoms with Gasteiger partial charge in [-0.2, -0.15) is 0 Å². The van der Waals surface area contributed by atoms with E-state index in [1.54, 1.807) is 24.0 Å². The normalized spacial score (nSPS) is 13.2. The summed E-state index contributed by atoms with van der Waals surface area (Å²) in [7, 11) is 0. The summed E-state index contributed by atoms with van der Waals surface area (Å²) in [6.07, 6.45) is 2.72. The lowest BCUT2D eigenvalue weighted by atomic mass is 10.1. The van der Waals surface area contributed by atoms with Gasteiger partial charge >= 0.3 is 0 Å². The molecule has 2 rings (SSSR count). The maximum absolute atomic E-state index is 13.1. The molecule has 0 unspecified atom stereocenters. The van der Waals surface area contributed by atoms with Crippen molar-refractivity contribution in [3.63, 3.8) is 0 Å². The third kappa shape index (κ3) is 4.01. The number of halogens is 1. The Labute approximate surface area is 140 Å². The summed E-state index contributed by atoms with van der Waals surface area (Å²) in [4.78, 5) is 26.3. The second kappa shape index (κ2) is 7.77. The lowest BCUT2D eigenvalue weighted by Crippen LogP contribution is -2.47. The van der Waals surface area contributed by atoms with E-state index in [1.165, 1.54) is 30.7 Å². The highest BCUT2D eigenvalue weighted by molar-refractivity contribution is 5.97. The molecule has 0 saturated heterocycles. The van der Waals surface area contributed by atoms with Crippen LogP contribution in [0.4, 0.5) is 4.39 Å². The smallest absolute Gasteiger partial charge is 0.255 e. The fourth-order valence-electron chi connectivity index (χ4n) is 2.53. The molecule has 5 nitrogen and oxygen atoms in total. The average Bonchev–Trinajstić information content (AvgIpc) is 3.10. The van der Waals surface area contributed by atoms with Gasteiger partial charge in [0.25, 0.3) is 5.91 Å². The molecule has 0 aliphatic rings. The predicted molar refractivity (Wildman–Crippen MR) is 87.8 cm³/mol. The van der Waals surface area contributed by atoms with Crippen molar-refractivity contribution in [3.8, 4) is 0 Å². The molecule has 2 atom stereocenters. The van der Waals surface area contributed by atoms with Crippen LogP contribution in [0.5, 0.6) is 0 Å². The van der Waals surface area contributed by atoms with Crippen LogP contribution in [-0.2, 0) is 4.79 Å². The highest BCUT2D eigenvalue weighted by atomic mass is 19.1. The average molecular weight is 332 g/mol. The second-order valence-electron chi connectivity index (χ2n) is 5.56. The summed E-state index contributed by atoms with van der Waals surface area (Å²) in [6, 6.07) is 6.68. The SMILES string of the molecule is CCN(C(=O)[C@@H](C)NC(=O)c1ccoc1)[C@H](C)c1ccc(F)cc1. The summed E-state index contributed by atoms with van der Waals surface area (Å²) in [6.45, 7) is 5.85.